The molecule has 1 heterocycles. The van der Waals surface area contributed by atoms with E-state index >= 15 is 0 Å². The summed E-state index contributed by atoms with van der Waals surface area (Å²) in [6.07, 6.45) is 3.04. The number of hydrogen-bond acceptors (Lipinski definition) is 3. The minimum absolute atomic E-state index is 0.0190. The van der Waals surface area contributed by atoms with Crippen molar-refractivity contribution < 1.29 is 9.59 Å². The largest absolute Gasteiger partial charge is 0.339 e. The van der Waals surface area contributed by atoms with Gasteiger partial charge in [0.1, 0.15) is 5.15 Å². The van der Waals surface area contributed by atoms with Crippen molar-refractivity contribution in [2.75, 3.05) is 18.4 Å². The number of nitrogens with one attached hydrogen (secondary N) is 1. The second-order valence-electron chi connectivity index (χ2n) is 5.79. The van der Waals surface area contributed by atoms with Crippen LogP contribution in [0.3, 0.4) is 0 Å². The molecule has 0 radical (unpaired) electrons. The molecule has 0 fully saturated rings. The van der Waals surface area contributed by atoms with Crippen LogP contribution in [0.15, 0.2) is 30.3 Å². The molecule has 0 saturated heterocycles. The molecule has 0 aliphatic rings. The molecule has 0 unspecified atom stereocenters. The van der Waals surface area contributed by atoms with Crippen molar-refractivity contribution in [3.63, 3.8) is 0 Å². The normalized spacial score (nSPS) is 11.0. The van der Waals surface area contributed by atoms with Gasteiger partial charge in [0.05, 0.1) is 5.69 Å². The van der Waals surface area contributed by atoms with Crippen LogP contribution in [0.5, 0.6) is 0 Å². The topological polar surface area (TPSA) is 67.2 Å². The van der Waals surface area contributed by atoms with E-state index in [0.29, 0.717) is 35.1 Å². The highest BCUT2D eigenvalue weighted by Crippen LogP contribution is 2.20. The molecule has 0 aliphatic carbocycles. The number of aromatic nitrogens is 2. The van der Waals surface area contributed by atoms with E-state index in [1.807, 2.05) is 20.8 Å². The molecule has 2 rings (SSSR count). The van der Waals surface area contributed by atoms with E-state index in [4.69, 9.17) is 11.6 Å². The van der Waals surface area contributed by atoms with Crippen molar-refractivity contribution in [1.82, 2.24) is 14.7 Å². The van der Waals surface area contributed by atoms with Crippen LogP contribution in [-0.4, -0.2) is 39.6 Å². The predicted octanol–water partition coefficient (Wildman–Crippen LogP) is 3.52. The Morgan fingerprint density at radius 1 is 1.23 bits per heavy atom. The number of aryl methyl sites for hydroxylation is 2. The Morgan fingerprint density at radius 3 is 2.35 bits per heavy atom. The van der Waals surface area contributed by atoms with E-state index in [1.54, 1.807) is 47.0 Å². The second-order valence-corrected chi connectivity index (χ2v) is 6.15. The van der Waals surface area contributed by atoms with Gasteiger partial charge in [0, 0.05) is 43.0 Å². The fraction of sp³-hybridized carbons (Fsp3) is 0.316. The molecule has 1 N–H and O–H groups in total. The zero-order valence-electron chi connectivity index (χ0n) is 15.4. The van der Waals surface area contributed by atoms with Gasteiger partial charge in [0.25, 0.3) is 5.91 Å². The summed E-state index contributed by atoms with van der Waals surface area (Å²) in [6, 6.07) is 6.85. The van der Waals surface area contributed by atoms with Crippen LogP contribution in [0.4, 0.5) is 5.69 Å². The van der Waals surface area contributed by atoms with Gasteiger partial charge in [-0.15, -0.1) is 0 Å². The van der Waals surface area contributed by atoms with Crippen molar-refractivity contribution in [3.05, 3.63) is 52.3 Å². The molecular weight excluding hydrogens is 352 g/mol. The first-order chi connectivity index (χ1) is 12.4. The highest BCUT2D eigenvalue weighted by Gasteiger charge is 2.12. The SMILES string of the molecule is CCN(CC)C(=O)c1ccc(NC(=O)/C=C/c2c(C)nn(C)c2Cl)cc1. The summed E-state index contributed by atoms with van der Waals surface area (Å²) in [4.78, 5) is 26.1. The molecule has 0 spiro atoms. The highest BCUT2D eigenvalue weighted by atomic mass is 35.5. The van der Waals surface area contributed by atoms with E-state index in [0.717, 1.165) is 5.69 Å². The van der Waals surface area contributed by atoms with E-state index in [2.05, 4.69) is 10.4 Å². The Kier molecular flexibility index (Phi) is 6.58. The quantitative estimate of drug-likeness (QED) is 0.786. The van der Waals surface area contributed by atoms with E-state index < -0.39 is 0 Å². The smallest absolute Gasteiger partial charge is 0.253 e. The standard InChI is InChI=1S/C19H23ClN4O2/c1-5-24(6-2)19(26)14-7-9-15(10-8-14)21-17(25)12-11-16-13(3)22-23(4)18(16)20/h7-12H,5-6H2,1-4H3,(H,21,25)/b12-11+. The highest BCUT2D eigenvalue weighted by molar-refractivity contribution is 6.31. The van der Waals surface area contributed by atoms with Gasteiger partial charge in [-0.3, -0.25) is 14.3 Å². The maximum Gasteiger partial charge on any atom is 0.253 e. The number of amides is 2. The van der Waals surface area contributed by atoms with Gasteiger partial charge in [-0.2, -0.15) is 5.10 Å². The molecule has 0 aliphatic heterocycles. The molecule has 2 amide bonds. The van der Waals surface area contributed by atoms with Gasteiger partial charge in [-0.25, -0.2) is 0 Å². The fourth-order valence-corrected chi connectivity index (χ4v) is 2.81. The zero-order chi connectivity index (χ0) is 19.3. The Balaban J connectivity index is 2.03. The first kappa shape index (κ1) is 19.7. The third-order valence-electron chi connectivity index (χ3n) is 4.05. The summed E-state index contributed by atoms with van der Waals surface area (Å²) in [5, 5.41) is 7.43. The van der Waals surface area contributed by atoms with E-state index in [-0.39, 0.29) is 11.8 Å². The summed E-state index contributed by atoms with van der Waals surface area (Å²) in [5.74, 6) is -0.304. The monoisotopic (exact) mass is 374 g/mol. The van der Waals surface area contributed by atoms with Crippen molar-refractivity contribution in [2.24, 2.45) is 7.05 Å². The van der Waals surface area contributed by atoms with E-state index in [1.165, 1.54) is 6.08 Å². The van der Waals surface area contributed by atoms with Gasteiger partial charge in [-0.1, -0.05) is 11.6 Å². The van der Waals surface area contributed by atoms with Gasteiger partial charge in [-0.05, 0) is 51.1 Å². The van der Waals surface area contributed by atoms with Crippen LogP contribution in [-0.2, 0) is 11.8 Å². The Labute approximate surface area is 158 Å². The number of benzene rings is 1. The minimum Gasteiger partial charge on any atom is -0.339 e. The average molecular weight is 375 g/mol. The molecule has 0 bridgehead atoms. The lowest BCUT2D eigenvalue weighted by atomic mass is 10.1. The third kappa shape index (κ3) is 4.52. The second kappa shape index (κ2) is 8.67. The van der Waals surface area contributed by atoms with Crippen LogP contribution >= 0.6 is 11.6 Å². The minimum atomic E-state index is -0.285. The number of rotatable bonds is 6. The van der Waals surface area contributed by atoms with Gasteiger partial charge < -0.3 is 10.2 Å². The first-order valence-electron chi connectivity index (χ1n) is 8.44. The van der Waals surface area contributed by atoms with Gasteiger partial charge in [0.15, 0.2) is 0 Å². The lowest BCUT2D eigenvalue weighted by Gasteiger charge is -2.18. The van der Waals surface area contributed by atoms with Crippen molar-refractivity contribution in [2.45, 2.75) is 20.8 Å². The van der Waals surface area contributed by atoms with Crippen molar-refractivity contribution in [1.29, 1.82) is 0 Å². The summed E-state index contributed by atoms with van der Waals surface area (Å²) in [7, 11) is 1.74. The molecule has 1 aromatic heterocycles. The van der Waals surface area contributed by atoms with Gasteiger partial charge >= 0.3 is 0 Å². The number of nitrogens with zero attached hydrogens (tertiary/aromatic N) is 3. The number of halogens is 1. The Hall–Kier alpha value is -2.60. The Bertz CT molecular complexity index is 821. The fourth-order valence-electron chi connectivity index (χ4n) is 2.57. The maximum absolute atomic E-state index is 12.3. The van der Waals surface area contributed by atoms with Crippen LogP contribution in [0.1, 0.15) is 35.5 Å². The van der Waals surface area contributed by atoms with Crippen LogP contribution in [0, 0.1) is 6.92 Å². The molecule has 0 atom stereocenters. The van der Waals surface area contributed by atoms with Crippen molar-refractivity contribution in [3.8, 4) is 0 Å². The van der Waals surface area contributed by atoms with Crippen molar-refractivity contribution >= 4 is 35.2 Å². The van der Waals surface area contributed by atoms with Crippen LogP contribution in [0.2, 0.25) is 5.15 Å². The van der Waals surface area contributed by atoms with Gasteiger partial charge in [0.2, 0.25) is 5.91 Å². The summed E-state index contributed by atoms with van der Waals surface area (Å²) < 4.78 is 1.56. The summed E-state index contributed by atoms with van der Waals surface area (Å²) >= 11 is 6.14. The third-order valence-corrected chi connectivity index (χ3v) is 4.50. The molecule has 26 heavy (non-hydrogen) atoms. The average Bonchev–Trinajstić information content (AvgIpc) is 2.86. The predicted molar refractivity (Wildman–Crippen MR) is 104 cm³/mol. The van der Waals surface area contributed by atoms with Crippen LogP contribution < -0.4 is 5.32 Å². The molecular formula is C19H23ClN4O2. The number of anilines is 1. The number of carbonyl (C=O) groups is 2. The summed E-state index contributed by atoms with van der Waals surface area (Å²) in [5.41, 5.74) is 2.68. The number of carbonyl (C=O) groups excluding carboxylic acids is 2. The molecule has 138 valence electrons. The molecule has 7 heteroatoms. The maximum atomic E-state index is 12.3. The zero-order valence-corrected chi connectivity index (χ0v) is 16.2. The van der Waals surface area contributed by atoms with Crippen LogP contribution in [0.25, 0.3) is 6.08 Å². The lowest BCUT2D eigenvalue weighted by Crippen LogP contribution is -2.30. The number of hydrogen-bond donors (Lipinski definition) is 1. The lowest BCUT2D eigenvalue weighted by molar-refractivity contribution is -0.111. The Morgan fingerprint density at radius 2 is 1.85 bits per heavy atom. The first-order valence-corrected chi connectivity index (χ1v) is 8.82. The molecule has 0 saturated carbocycles. The molecule has 1 aromatic carbocycles. The van der Waals surface area contributed by atoms with E-state index in [9.17, 15) is 9.59 Å². The summed E-state index contributed by atoms with van der Waals surface area (Å²) in [6.45, 7) is 7.04. The molecule has 6 nitrogen and oxygen atoms in total. The molecule has 2 aromatic rings.